The van der Waals surface area contributed by atoms with Crippen LogP contribution in [0.25, 0.3) is 0 Å². The molecule has 0 radical (unpaired) electrons. The van der Waals surface area contributed by atoms with Gasteiger partial charge in [-0.25, -0.2) is 4.68 Å². The van der Waals surface area contributed by atoms with Crippen molar-refractivity contribution in [2.24, 2.45) is 0 Å². The largest absolute Gasteiger partial charge is 0.490 e. The summed E-state index contributed by atoms with van der Waals surface area (Å²) in [6, 6.07) is 14.0. The van der Waals surface area contributed by atoms with E-state index in [9.17, 15) is 0 Å². The van der Waals surface area contributed by atoms with Crippen LogP contribution in [0.4, 0.5) is 5.95 Å². The predicted molar refractivity (Wildman–Crippen MR) is 112 cm³/mol. The average Bonchev–Trinajstić information content (AvgIpc) is 3.15. The van der Waals surface area contributed by atoms with Gasteiger partial charge in [-0.1, -0.05) is 58.3 Å². The molecule has 0 spiro atoms. The summed E-state index contributed by atoms with van der Waals surface area (Å²) in [7, 11) is 0. The number of hydrogen-bond acceptors (Lipinski definition) is 6. The van der Waals surface area contributed by atoms with Crippen LogP contribution in [-0.4, -0.2) is 26.8 Å². The zero-order valence-electron chi connectivity index (χ0n) is 16.1. The first-order chi connectivity index (χ1) is 13.7. The minimum Gasteiger partial charge on any atom is -0.490 e. The van der Waals surface area contributed by atoms with Crippen LogP contribution in [0.5, 0.6) is 11.5 Å². The summed E-state index contributed by atoms with van der Waals surface area (Å²) in [6.07, 6.45) is 0.964. The van der Waals surface area contributed by atoms with Crippen molar-refractivity contribution in [1.82, 2.24) is 20.2 Å². The van der Waals surface area contributed by atoms with Crippen molar-refractivity contribution in [3.63, 3.8) is 0 Å². The Balaban J connectivity index is 1.73. The van der Waals surface area contributed by atoms with Crippen molar-refractivity contribution >= 4 is 21.9 Å². The summed E-state index contributed by atoms with van der Waals surface area (Å²) in [4.78, 5) is 0. The van der Waals surface area contributed by atoms with Crippen LogP contribution in [0.3, 0.4) is 0 Å². The van der Waals surface area contributed by atoms with E-state index in [4.69, 9.17) is 9.47 Å². The van der Waals surface area contributed by atoms with Crippen LogP contribution in [0, 0.1) is 0 Å². The zero-order chi connectivity index (χ0) is 19.8. The molecule has 1 aromatic heterocycles. The average molecular weight is 446 g/mol. The van der Waals surface area contributed by atoms with E-state index < -0.39 is 0 Å². The number of ether oxygens (including phenoxy) is 2. The fourth-order valence-electron chi connectivity index (χ4n) is 2.70. The summed E-state index contributed by atoms with van der Waals surface area (Å²) in [6.45, 7) is 6.42. The minimum absolute atomic E-state index is 0.483. The molecular formula is C20H24BrN5O2. The number of nitrogens with zero attached hydrogens (tertiary/aromatic N) is 4. The molecule has 3 aromatic rings. The molecule has 0 saturated heterocycles. The SMILES string of the molecule is CCCn1nnnc1NCc1cc(OCC)c(OCc2ccccc2)cc1Br. The molecule has 1 heterocycles. The number of halogens is 1. The van der Waals surface area contributed by atoms with Gasteiger partial charge in [0.25, 0.3) is 0 Å². The number of aryl methyl sites for hydroxylation is 1. The van der Waals surface area contributed by atoms with Crippen LogP contribution in [-0.2, 0) is 19.7 Å². The number of benzene rings is 2. The van der Waals surface area contributed by atoms with Gasteiger partial charge < -0.3 is 14.8 Å². The molecule has 0 atom stereocenters. The quantitative estimate of drug-likeness (QED) is 0.497. The first-order valence-corrected chi connectivity index (χ1v) is 10.1. The second-order valence-electron chi connectivity index (χ2n) is 6.18. The van der Waals surface area contributed by atoms with E-state index in [1.165, 1.54) is 0 Å². The second-order valence-corrected chi connectivity index (χ2v) is 7.03. The van der Waals surface area contributed by atoms with Crippen molar-refractivity contribution < 1.29 is 9.47 Å². The molecule has 8 heteroatoms. The van der Waals surface area contributed by atoms with Crippen LogP contribution in [0.2, 0.25) is 0 Å². The molecule has 2 aromatic carbocycles. The number of tetrazole rings is 1. The lowest BCUT2D eigenvalue weighted by molar-refractivity contribution is 0.269. The van der Waals surface area contributed by atoms with Gasteiger partial charge in [0.1, 0.15) is 6.61 Å². The van der Waals surface area contributed by atoms with Crippen LogP contribution >= 0.6 is 15.9 Å². The third kappa shape index (κ3) is 5.22. The van der Waals surface area contributed by atoms with Crippen LogP contribution in [0.15, 0.2) is 46.9 Å². The van der Waals surface area contributed by atoms with E-state index in [0.717, 1.165) is 28.6 Å². The molecule has 0 unspecified atom stereocenters. The monoisotopic (exact) mass is 445 g/mol. The summed E-state index contributed by atoms with van der Waals surface area (Å²) < 4.78 is 14.5. The van der Waals surface area contributed by atoms with Crippen molar-refractivity contribution in [3.8, 4) is 11.5 Å². The van der Waals surface area contributed by atoms with Gasteiger partial charge in [0.15, 0.2) is 11.5 Å². The smallest absolute Gasteiger partial charge is 0.243 e. The molecule has 28 heavy (non-hydrogen) atoms. The normalized spacial score (nSPS) is 10.7. The number of anilines is 1. The molecule has 3 rings (SSSR count). The highest BCUT2D eigenvalue weighted by Crippen LogP contribution is 2.34. The maximum absolute atomic E-state index is 6.00. The maximum atomic E-state index is 6.00. The maximum Gasteiger partial charge on any atom is 0.243 e. The van der Waals surface area contributed by atoms with Crippen molar-refractivity contribution in [3.05, 3.63) is 58.1 Å². The number of nitrogens with one attached hydrogen (secondary N) is 1. The molecule has 148 valence electrons. The van der Waals surface area contributed by atoms with Gasteiger partial charge >= 0.3 is 0 Å². The Hall–Kier alpha value is -2.61. The highest BCUT2D eigenvalue weighted by molar-refractivity contribution is 9.10. The van der Waals surface area contributed by atoms with Gasteiger partial charge in [-0.15, -0.1) is 0 Å². The van der Waals surface area contributed by atoms with E-state index in [1.807, 2.05) is 49.4 Å². The molecule has 0 aliphatic rings. The van der Waals surface area contributed by atoms with Gasteiger partial charge in [0, 0.05) is 17.6 Å². The van der Waals surface area contributed by atoms with Gasteiger partial charge in [-0.2, -0.15) is 0 Å². The van der Waals surface area contributed by atoms with Gasteiger partial charge in [0.2, 0.25) is 5.95 Å². The van der Waals surface area contributed by atoms with E-state index in [0.29, 0.717) is 37.2 Å². The molecule has 0 fully saturated rings. The molecule has 0 aliphatic carbocycles. The van der Waals surface area contributed by atoms with E-state index in [-0.39, 0.29) is 0 Å². The van der Waals surface area contributed by atoms with Crippen molar-refractivity contribution in [2.75, 3.05) is 11.9 Å². The Morgan fingerprint density at radius 2 is 1.86 bits per heavy atom. The van der Waals surface area contributed by atoms with Gasteiger partial charge in [-0.05, 0) is 47.0 Å². The Morgan fingerprint density at radius 1 is 1.07 bits per heavy atom. The molecular weight excluding hydrogens is 422 g/mol. The van der Waals surface area contributed by atoms with Crippen molar-refractivity contribution in [1.29, 1.82) is 0 Å². The predicted octanol–water partition coefficient (Wildman–Crippen LogP) is 4.44. The summed E-state index contributed by atoms with van der Waals surface area (Å²) in [5.74, 6) is 2.07. The summed E-state index contributed by atoms with van der Waals surface area (Å²) in [5.41, 5.74) is 2.14. The molecule has 7 nitrogen and oxygen atoms in total. The molecule has 1 N–H and O–H groups in total. The lowest BCUT2D eigenvalue weighted by Crippen LogP contribution is -2.09. The van der Waals surface area contributed by atoms with E-state index >= 15 is 0 Å². The number of aromatic nitrogens is 4. The lowest BCUT2D eigenvalue weighted by Gasteiger charge is -2.15. The topological polar surface area (TPSA) is 74.1 Å². The minimum atomic E-state index is 0.483. The third-order valence-electron chi connectivity index (χ3n) is 4.05. The van der Waals surface area contributed by atoms with Gasteiger partial charge in [0.05, 0.1) is 6.61 Å². The van der Waals surface area contributed by atoms with Crippen LogP contribution in [0.1, 0.15) is 31.4 Å². The Labute approximate surface area is 173 Å². The first-order valence-electron chi connectivity index (χ1n) is 9.33. The fraction of sp³-hybridized carbons (Fsp3) is 0.350. The zero-order valence-corrected chi connectivity index (χ0v) is 17.6. The Morgan fingerprint density at radius 3 is 2.61 bits per heavy atom. The fourth-order valence-corrected chi connectivity index (χ4v) is 3.16. The first kappa shape index (κ1) is 20.1. The molecule has 0 bridgehead atoms. The standard InChI is InChI=1S/C20H24BrN5O2/c1-3-10-26-20(23-24-25-26)22-13-16-11-18(27-4-2)19(12-17(16)21)28-14-15-8-6-5-7-9-15/h5-9,11-12H,3-4,10,13-14H2,1-2H3,(H,22,23,25). The molecule has 0 aliphatic heterocycles. The number of rotatable bonds is 10. The van der Waals surface area contributed by atoms with E-state index in [2.05, 4.69) is 43.7 Å². The van der Waals surface area contributed by atoms with E-state index in [1.54, 1.807) is 4.68 Å². The summed E-state index contributed by atoms with van der Waals surface area (Å²) in [5, 5.41) is 15.0. The highest BCUT2D eigenvalue weighted by Gasteiger charge is 2.13. The lowest BCUT2D eigenvalue weighted by atomic mass is 10.2. The highest BCUT2D eigenvalue weighted by atomic mass is 79.9. The van der Waals surface area contributed by atoms with Crippen molar-refractivity contribution in [2.45, 2.75) is 40.0 Å². The second kappa shape index (κ2) is 10.1. The third-order valence-corrected chi connectivity index (χ3v) is 4.79. The van der Waals surface area contributed by atoms with Gasteiger partial charge in [-0.3, -0.25) is 0 Å². The molecule has 0 saturated carbocycles. The Kier molecular flexibility index (Phi) is 7.25. The van der Waals surface area contributed by atoms with Crippen LogP contribution < -0.4 is 14.8 Å². The molecule has 0 amide bonds. The summed E-state index contributed by atoms with van der Waals surface area (Å²) >= 11 is 3.64. The Bertz CT molecular complexity index is 886. The number of hydrogen-bond donors (Lipinski definition) is 1.